The zero-order chi connectivity index (χ0) is 21.7. The summed E-state index contributed by atoms with van der Waals surface area (Å²) in [5.41, 5.74) is 2.02. The molecular formula is C25H26O6. The summed E-state index contributed by atoms with van der Waals surface area (Å²) in [6.45, 7) is 1.36. The van der Waals surface area contributed by atoms with Gasteiger partial charge >= 0.3 is 0 Å². The van der Waals surface area contributed by atoms with E-state index in [1.807, 2.05) is 60.7 Å². The zero-order valence-corrected chi connectivity index (χ0v) is 17.1. The molecular weight excluding hydrogens is 396 g/mol. The van der Waals surface area contributed by atoms with Gasteiger partial charge in [-0.2, -0.15) is 0 Å². The predicted octanol–water partition coefficient (Wildman–Crippen LogP) is 4.11. The molecule has 0 unspecified atom stereocenters. The molecule has 0 aliphatic rings. The van der Waals surface area contributed by atoms with Crippen LogP contribution in [0.25, 0.3) is 0 Å². The van der Waals surface area contributed by atoms with Crippen molar-refractivity contribution in [1.82, 2.24) is 0 Å². The van der Waals surface area contributed by atoms with Gasteiger partial charge in [-0.15, -0.1) is 0 Å². The minimum absolute atomic E-state index is 0.00869. The molecule has 0 aromatic heterocycles. The van der Waals surface area contributed by atoms with Crippen molar-refractivity contribution in [3.8, 4) is 11.5 Å². The number of ether oxygens (including phenoxy) is 4. The monoisotopic (exact) mass is 422 g/mol. The van der Waals surface area contributed by atoms with Crippen LogP contribution in [0.1, 0.15) is 11.1 Å². The summed E-state index contributed by atoms with van der Waals surface area (Å²) >= 11 is 0. The highest BCUT2D eigenvalue weighted by molar-refractivity contribution is 5.39. The summed E-state index contributed by atoms with van der Waals surface area (Å²) in [5.74, 6) is 0.268. The maximum atomic E-state index is 11.1. The normalized spacial score (nSPS) is 12.6. The Bertz CT molecular complexity index is 900. The van der Waals surface area contributed by atoms with E-state index in [9.17, 15) is 9.90 Å². The van der Waals surface area contributed by atoms with Gasteiger partial charge in [-0.1, -0.05) is 72.8 Å². The maximum absolute atomic E-state index is 11.1. The number of phenols is 1. The largest absolute Gasteiger partial charge is 0.504 e. The van der Waals surface area contributed by atoms with Crippen molar-refractivity contribution in [2.24, 2.45) is 0 Å². The van der Waals surface area contributed by atoms with Gasteiger partial charge in [0.25, 0.3) is 6.47 Å². The molecule has 162 valence electrons. The van der Waals surface area contributed by atoms with Gasteiger partial charge in [0.15, 0.2) is 23.7 Å². The molecule has 0 fully saturated rings. The Balaban J connectivity index is 1.65. The van der Waals surface area contributed by atoms with E-state index in [1.165, 1.54) is 6.07 Å². The zero-order valence-electron chi connectivity index (χ0n) is 17.1. The molecule has 0 amide bonds. The summed E-state index contributed by atoms with van der Waals surface area (Å²) < 4.78 is 22.8. The molecule has 6 heteroatoms. The third-order valence-electron chi connectivity index (χ3n) is 4.58. The maximum Gasteiger partial charge on any atom is 0.293 e. The van der Waals surface area contributed by atoms with E-state index in [1.54, 1.807) is 18.2 Å². The van der Waals surface area contributed by atoms with Crippen LogP contribution in [-0.4, -0.2) is 37.0 Å². The Morgan fingerprint density at radius 3 is 1.77 bits per heavy atom. The first-order valence-electron chi connectivity index (χ1n) is 10.0. The fourth-order valence-electron chi connectivity index (χ4n) is 2.98. The van der Waals surface area contributed by atoms with Crippen molar-refractivity contribution in [2.45, 2.75) is 25.4 Å². The minimum atomic E-state index is -0.725. The van der Waals surface area contributed by atoms with E-state index < -0.39 is 12.2 Å². The summed E-state index contributed by atoms with van der Waals surface area (Å²) in [7, 11) is 0. The molecule has 0 aliphatic heterocycles. The Hall–Kier alpha value is -3.35. The van der Waals surface area contributed by atoms with E-state index in [0.717, 1.165) is 11.1 Å². The quantitative estimate of drug-likeness (QED) is 0.418. The summed E-state index contributed by atoms with van der Waals surface area (Å²) in [6, 6.07) is 26.0. The van der Waals surface area contributed by atoms with Crippen LogP contribution in [0.3, 0.4) is 0 Å². The second-order valence-electron chi connectivity index (χ2n) is 6.90. The number of para-hydroxylation sites is 2. The molecule has 3 aromatic carbocycles. The summed E-state index contributed by atoms with van der Waals surface area (Å²) in [5, 5.41) is 10.1. The number of hydrogen-bond donors (Lipinski definition) is 1. The summed E-state index contributed by atoms with van der Waals surface area (Å²) in [6.07, 6.45) is -1.41. The van der Waals surface area contributed by atoms with Gasteiger partial charge in [-0.25, -0.2) is 0 Å². The molecule has 0 spiro atoms. The number of hydrogen-bond acceptors (Lipinski definition) is 6. The predicted molar refractivity (Wildman–Crippen MR) is 116 cm³/mol. The van der Waals surface area contributed by atoms with Gasteiger partial charge in [0.1, 0.15) is 0 Å². The number of phenolic OH excluding ortho intramolecular Hbond substituents is 1. The third kappa shape index (κ3) is 7.44. The second kappa shape index (κ2) is 12.4. The van der Waals surface area contributed by atoms with Gasteiger partial charge in [0.05, 0.1) is 26.4 Å². The van der Waals surface area contributed by atoms with Crippen LogP contribution in [0.15, 0.2) is 84.9 Å². The van der Waals surface area contributed by atoms with Crippen LogP contribution in [0.2, 0.25) is 0 Å². The topological polar surface area (TPSA) is 74.2 Å². The van der Waals surface area contributed by atoms with Crippen molar-refractivity contribution in [3.05, 3.63) is 96.1 Å². The molecule has 3 rings (SSSR count). The van der Waals surface area contributed by atoms with Crippen molar-refractivity contribution in [1.29, 1.82) is 0 Å². The molecule has 0 saturated heterocycles. The number of rotatable bonds is 13. The molecule has 2 atom stereocenters. The SMILES string of the molecule is O=CO[C@H](COCc1ccccc1)[C@@H](COCc1ccccc1)Oc1ccccc1O. The first-order chi connectivity index (χ1) is 15.3. The fraction of sp³-hybridized carbons (Fsp3) is 0.240. The average Bonchev–Trinajstić information content (AvgIpc) is 2.81. The van der Waals surface area contributed by atoms with Gasteiger partial charge in [0.2, 0.25) is 0 Å². The second-order valence-corrected chi connectivity index (χ2v) is 6.90. The van der Waals surface area contributed by atoms with Crippen LogP contribution >= 0.6 is 0 Å². The average molecular weight is 422 g/mol. The third-order valence-corrected chi connectivity index (χ3v) is 4.58. The first-order valence-corrected chi connectivity index (χ1v) is 10.0. The van der Waals surface area contributed by atoms with Crippen LogP contribution in [0.4, 0.5) is 0 Å². The van der Waals surface area contributed by atoms with Crippen LogP contribution in [-0.2, 0) is 32.2 Å². The lowest BCUT2D eigenvalue weighted by atomic mass is 10.2. The van der Waals surface area contributed by atoms with Crippen LogP contribution < -0.4 is 4.74 Å². The number of benzene rings is 3. The molecule has 0 heterocycles. The highest BCUT2D eigenvalue weighted by atomic mass is 16.6. The van der Waals surface area contributed by atoms with Crippen molar-refractivity contribution in [2.75, 3.05) is 13.2 Å². The lowest BCUT2D eigenvalue weighted by Gasteiger charge is -2.26. The van der Waals surface area contributed by atoms with E-state index in [4.69, 9.17) is 18.9 Å². The Labute approximate surface area is 182 Å². The van der Waals surface area contributed by atoms with Crippen LogP contribution in [0, 0.1) is 0 Å². The summed E-state index contributed by atoms with van der Waals surface area (Å²) in [4.78, 5) is 11.1. The Morgan fingerprint density at radius 1 is 0.710 bits per heavy atom. The Morgan fingerprint density at radius 2 is 1.23 bits per heavy atom. The Kier molecular flexibility index (Phi) is 8.91. The standard InChI is InChI=1S/C25H26O6/c26-19-30-24(17-28-15-20-9-3-1-4-10-20)25(31-23-14-8-7-13-22(23)27)18-29-16-21-11-5-2-6-12-21/h1-14,19,24-25,27H,15-18H2/t24-,25-/m1/s1. The van der Waals surface area contributed by atoms with Gasteiger partial charge in [-0.3, -0.25) is 4.79 Å². The van der Waals surface area contributed by atoms with Crippen molar-refractivity contribution < 1.29 is 28.8 Å². The highest BCUT2D eigenvalue weighted by Gasteiger charge is 2.27. The van der Waals surface area contributed by atoms with E-state index >= 15 is 0 Å². The fourth-order valence-corrected chi connectivity index (χ4v) is 2.98. The van der Waals surface area contributed by atoms with E-state index in [-0.39, 0.29) is 24.7 Å². The minimum Gasteiger partial charge on any atom is -0.504 e. The number of aromatic hydroxyl groups is 1. The molecule has 3 aromatic rings. The molecule has 6 nitrogen and oxygen atoms in total. The van der Waals surface area contributed by atoms with Crippen molar-refractivity contribution >= 4 is 6.47 Å². The number of carbonyl (C=O) groups is 1. The van der Waals surface area contributed by atoms with E-state index in [0.29, 0.717) is 19.7 Å². The molecule has 1 N–H and O–H groups in total. The molecule has 0 radical (unpaired) electrons. The lowest BCUT2D eigenvalue weighted by molar-refractivity contribution is -0.146. The highest BCUT2D eigenvalue weighted by Crippen LogP contribution is 2.26. The molecule has 31 heavy (non-hydrogen) atoms. The van der Waals surface area contributed by atoms with E-state index in [2.05, 4.69) is 0 Å². The van der Waals surface area contributed by atoms with Gasteiger partial charge in [-0.05, 0) is 23.3 Å². The molecule has 0 bridgehead atoms. The molecule has 0 aliphatic carbocycles. The van der Waals surface area contributed by atoms with Gasteiger partial charge < -0.3 is 24.1 Å². The number of carbonyl (C=O) groups excluding carboxylic acids is 1. The molecule has 0 saturated carbocycles. The van der Waals surface area contributed by atoms with Gasteiger partial charge in [0, 0.05) is 0 Å². The lowest BCUT2D eigenvalue weighted by Crippen LogP contribution is -2.41. The smallest absolute Gasteiger partial charge is 0.293 e. The van der Waals surface area contributed by atoms with Crippen molar-refractivity contribution in [3.63, 3.8) is 0 Å². The first kappa shape index (κ1) is 22.3. The van der Waals surface area contributed by atoms with Crippen LogP contribution in [0.5, 0.6) is 11.5 Å².